The van der Waals surface area contributed by atoms with Crippen LogP contribution in [0.5, 0.6) is 5.75 Å². The van der Waals surface area contributed by atoms with Crippen LogP contribution in [0.15, 0.2) is 71.8 Å². The van der Waals surface area contributed by atoms with Gasteiger partial charge in [0.05, 0.1) is 12.8 Å². The number of rotatable bonds is 7. The van der Waals surface area contributed by atoms with Crippen molar-refractivity contribution in [2.75, 3.05) is 0 Å². The molecule has 0 atom stereocenters. The minimum Gasteiger partial charge on any atom is -0.488 e. The first kappa shape index (κ1) is 19.6. The number of hydrogen-bond acceptors (Lipinski definition) is 3. The maximum Gasteiger partial charge on any atom is 0.128 e. The van der Waals surface area contributed by atoms with Gasteiger partial charge in [0.15, 0.2) is 0 Å². The van der Waals surface area contributed by atoms with E-state index in [1.54, 1.807) is 18.3 Å². The summed E-state index contributed by atoms with van der Waals surface area (Å²) < 4.78 is 5.91. The van der Waals surface area contributed by atoms with Crippen LogP contribution in [0.2, 0.25) is 15.1 Å². The summed E-state index contributed by atoms with van der Waals surface area (Å²) in [6.45, 7) is 0.882. The molecule has 6 heteroatoms. The fraction of sp³-hybridized carbons (Fsp3) is 0.0952. The zero-order valence-electron chi connectivity index (χ0n) is 14.3. The molecule has 3 aromatic rings. The molecule has 0 amide bonds. The summed E-state index contributed by atoms with van der Waals surface area (Å²) in [5.41, 5.74) is 5.68. The van der Waals surface area contributed by atoms with Crippen LogP contribution in [0, 0.1) is 0 Å². The van der Waals surface area contributed by atoms with Gasteiger partial charge in [-0.15, -0.1) is 0 Å². The Hall–Kier alpha value is -2.20. The fourth-order valence-electron chi connectivity index (χ4n) is 2.40. The van der Waals surface area contributed by atoms with E-state index in [0.717, 1.165) is 22.4 Å². The van der Waals surface area contributed by atoms with E-state index < -0.39 is 0 Å². The molecule has 27 heavy (non-hydrogen) atoms. The summed E-state index contributed by atoms with van der Waals surface area (Å²) in [6.07, 6.45) is 1.71. The van der Waals surface area contributed by atoms with E-state index in [-0.39, 0.29) is 0 Å². The minimum absolute atomic E-state index is 0.433. The fourth-order valence-corrected chi connectivity index (χ4v) is 3.06. The van der Waals surface area contributed by atoms with E-state index in [1.807, 2.05) is 54.6 Å². The zero-order chi connectivity index (χ0) is 19.1. The number of nitrogens with one attached hydrogen (secondary N) is 1. The van der Waals surface area contributed by atoms with E-state index in [0.29, 0.717) is 28.2 Å². The Balaban J connectivity index is 1.61. The molecule has 0 unspecified atom stereocenters. The molecule has 1 N–H and O–H groups in total. The predicted octanol–water partition coefficient (Wildman–Crippen LogP) is 6.35. The van der Waals surface area contributed by atoms with Gasteiger partial charge in [0.2, 0.25) is 0 Å². The van der Waals surface area contributed by atoms with Gasteiger partial charge in [-0.3, -0.25) is 0 Å². The van der Waals surface area contributed by atoms with Crippen molar-refractivity contribution in [3.63, 3.8) is 0 Å². The zero-order valence-corrected chi connectivity index (χ0v) is 16.6. The summed E-state index contributed by atoms with van der Waals surface area (Å²) in [4.78, 5) is 0. The summed E-state index contributed by atoms with van der Waals surface area (Å²) >= 11 is 18.2. The Bertz CT molecular complexity index is 907. The average Bonchev–Trinajstić information content (AvgIpc) is 2.67. The van der Waals surface area contributed by atoms with E-state index in [1.165, 1.54) is 0 Å². The van der Waals surface area contributed by atoms with Gasteiger partial charge in [0.25, 0.3) is 0 Å². The highest BCUT2D eigenvalue weighted by atomic mass is 35.5. The monoisotopic (exact) mass is 418 g/mol. The van der Waals surface area contributed by atoms with Crippen LogP contribution in [-0.4, -0.2) is 6.21 Å². The summed E-state index contributed by atoms with van der Waals surface area (Å²) in [5, 5.41) is 6.18. The van der Waals surface area contributed by atoms with Crippen molar-refractivity contribution in [3.05, 3.63) is 98.5 Å². The van der Waals surface area contributed by atoms with Crippen molar-refractivity contribution < 1.29 is 4.74 Å². The SMILES string of the molecule is Clc1ccc(COc2ccccc2/C=N\NCc2c(Cl)cccc2Cl)cc1. The van der Waals surface area contributed by atoms with Crippen molar-refractivity contribution >= 4 is 41.0 Å². The van der Waals surface area contributed by atoms with Crippen LogP contribution in [0.1, 0.15) is 16.7 Å². The highest BCUT2D eigenvalue weighted by Gasteiger charge is 2.04. The smallest absolute Gasteiger partial charge is 0.128 e. The Morgan fingerprint density at radius 2 is 1.56 bits per heavy atom. The normalized spacial score (nSPS) is 10.9. The lowest BCUT2D eigenvalue weighted by molar-refractivity contribution is 0.306. The van der Waals surface area contributed by atoms with Crippen molar-refractivity contribution in [3.8, 4) is 5.75 Å². The topological polar surface area (TPSA) is 33.6 Å². The molecule has 3 nitrogen and oxygen atoms in total. The third-order valence-electron chi connectivity index (χ3n) is 3.84. The molecule has 0 saturated carbocycles. The van der Waals surface area contributed by atoms with Crippen LogP contribution in [0.25, 0.3) is 0 Å². The van der Waals surface area contributed by atoms with Gasteiger partial charge in [-0.25, -0.2) is 0 Å². The van der Waals surface area contributed by atoms with Gasteiger partial charge >= 0.3 is 0 Å². The van der Waals surface area contributed by atoms with E-state index in [2.05, 4.69) is 10.5 Å². The van der Waals surface area contributed by atoms with Gasteiger partial charge in [0, 0.05) is 26.2 Å². The van der Waals surface area contributed by atoms with Crippen molar-refractivity contribution in [2.45, 2.75) is 13.2 Å². The van der Waals surface area contributed by atoms with Gasteiger partial charge in [0.1, 0.15) is 12.4 Å². The van der Waals surface area contributed by atoms with Crippen LogP contribution >= 0.6 is 34.8 Å². The van der Waals surface area contributed by atoms with Gasteiger partial charge in [-0.2, -0.15) is 5.10 Å². The molecule has 0 aliphatic rings. The second-order valence-electron chi connectivity index (χ2n) is 5.75. The average molecular weight is 420 g/mol. The standard InChI is InChI=1S/C21H17Cl3N2O/c22-17-10-8-15(9-11-17)14-27-21-7-2-1-4-16(21)12-25-26-13-18-19(23)5-3-6-20(18)24/h1-12,26H,13-14H2/b25-12-. The molecular formula is C21H17Cl3N2O. The van der Waals surface area contributed by atoms with Crippen LogP contribution in [0.4, 0.5) is 0 Å². The van der Waals surface area contributed by atoms with Crippen LogP contribution in [0.3, 0.4) is 0 Å². The second-order valence-corrected chi connectivity index (χ2v) is 7.00. The molecule has 3 rings (SSSR count). The first-order chi connectivity index (χ1) is 13.1. The third-order valence-corrected chi connectivity index (χ3v) is 4.80. The first-order valence-electron chi connectivity index (χ1n) is 8.28. The number of hydrazone groups is 1. The number of para-hydroxylation sites is 1. The molecule has 0 aliphatic heterocycles. The quantitative estimate of drug-likeness (QED) is 0.357. The number of ether oxygens (including phenoxy) is 1. The molecule has 0 heterocycles. The van der Waals surface area contributed by atoms with Crippen LogP contribution in [-0.2, 0) is 13.2 Å². The van der Waals surface area contributed by atoms with E-state index >= 15 is 0 Å². The predicted molar refractivity (Wildman–Crippen MR) is 113 cm³/mol. The molecular weight excluding hydrogens is 403 g/mol. The molecule has 0 radical (unpaired) electrons. The largest absolute Gasteiger partial charge is 0.488 e. The Labute approximate surface area is 173 Å². The Morgan fingerprint density at radius 1 is 0.852 bits per heavy atom. The number of benzene rings is 3. The van der Waals surface area contributed by atoms with E-state index in [4.69, 9.17) is 39.5 Å². The molecule has 0 fully saturated rings. The molecule has 0 aliphatic carbocycles. The van der Waals surface area contributed by atoms with Crippen molar-refractivity contribution in [2.24, 2.45) is 5.10 Å². The first-order valence-corrected chi connectivity index (χ1v) is 9.42. The molecule has 0 aromatic heterocycles. The molecule has 0 bridgehead atoms. The molecule has 0 spiro atoms. The highest BCUT2D eigenvalue weighted by Crippen LogP contribution is 2.24. The number of nitrogens with zero attached hydrogens (tertiary/aromatic N) is 1. The molecule has 3 aromatic carbocycles. The number of halogens is 3. The lowest BCUT2D eigenvalue weighted by atomic mass is 10.2. The highest BCUT2D eigenvalue weighted by molar-refractivity contribution is 6.36. The van der Waals surface area contributed by atoms with Crippen molar-refractivity contribution in [1.29, 1.82) is 0 Å². The minimum atomic E-state index is 0.433. The summed E-state index contributed by atoms with van der Waals surface area (Å²) in [7, 11) is 0. The molecule has 138 valence electrons. The maximum atomic E-state index is 6.16. The van der Waals surface area contributed by atoms with E-state index in [9.17, 15) is 0 Å². The lowest BCUT2D eigenvalue weighted by Gasteiger charge is -2.09. The number of hydrogen-bond donors (Lipinski definition) is 1. The third kappa shape index (κ3) is 5.64. The van der Waals surface area contributed by atoms with Gasteiger partial charge < -0.3 is 10.2 Å². The lowest BCUT2D eigenvalue weighted by Crippen LogP contribution is -2.07. The Kier molecular flexibility index (Phi) is 6.99. The van der Waals surface area contributed by atoms with Gasteiger partial charge in [-0.05, 0) is 42.0 Å². The summed E-state index contributed by atoms with van der Waals surface area (Å²) in [5.74, 6) is 0.744. The van der Waals surface area contributed by atoms with Gasteiger partial charge in [-0.1, -0.05) is 65.1 Å². The van der Waals surface area contributed by atoms with Crippen LogP contribution < -0.4 is 10.2 Å². The maximum absolute atomic E-state index is 6.16. The Morgan fingerprint density at radius 3 is 2.30 bits per heavy atom. The molecule has 0 saturated heterocycles. The second kappa shape index (κ2) is 9.65. The summed E-state index contributed by atoms with van der Waals surface area (Å²) in [6, 6.07) is 20.7. The van der Waals surface area contributed by atoms with Crippen molar-refractivity contribution in [1.82, 2.24) is 5.43 Å².